The fraction of sp³-hybridized carbons (Fsp3) is 0.273. The van der Waals surface area contributed by atoms with E-state index >= 15 is 0 Å². The highest BCUT2D eigenvalue weighted by molar-refractivity contribution is 6.16. The molecule has 2 aromatic rings. The Morgan fingerprint density at radius 1 is 0.912 bits per heavy atom. The highest BCUT2D eigenvalue weighted by Gasteiger charge is 2.49. The number of allylic oxidation sites excluding steroid dienone is 2. The van der Waals surface area contributed by atoms with E-state index in [4.69, 9.17) is 9.47 Å². The molecule has 2 aliphatic rings. The van der Waals surface area contributed by atoms with E-state index in [9.17, 15) is 50.4 Å². The molecule has 0 radical (unpaired) electrons. The first kappa shape index (κ1) is 23.3. The summed E-state index contributed by atoms with van der Waals surface area (Å²) in [6.45, 7) is 0. The largest absolute Gasteiger partial charge is 0.508 e. The van der Waals surface area contributed by atoms with Crippen molar-refractivity contribution in [1.82, 2.24) is 0 Å². The number of aliphatic hydroxyl groups is 3. The van der Waals surface area contributed by atoms with Crippen molar-refractivity contribution in [3.63, 3.8) is 0 Å². The van der Waals surface area contributed by atoms with Crippen LogP contribution in [0.3, 0.4) is 0 Å². The number of carbonyl (C=O) groups is 2. The van der Waals surface area contributed by atoms with Crippen LogP contribution in [0.15, 0.2) is 36.1 Å². The molecule has 12 nitrogen and oxygen atoms in total. The van der Waals surface area contributed by atoms with Gasteiger partial charge in [-0.05, 0) is 29.3 Å². The molecule has 0 amide bonds. The van der Waals surface area contributed by atoms with Crippen molar-refractivity contribution in [1.29, 1.82) is 0 Å². The van der Waals surface area contributed by atoms with Gasteiger partial charge in [0.15, 0.2) is 23.4 Å². The van der Waals surface area contributed by atoms with Crippen molar-refractivity contribution in [2.75, 3.05) is 0 Å². The smallest absolute Gasteiger partial charge is 0.335 e. The molecule has 34 heavy (non-hydrogen) atoms. The van der Waals surface area contributed by atoms with Crippen molar-refractivity contribution in [2.45, 2.75) is 37.1 Å². The zero-order valence-corrected chi connectivity index (χ0v) is 17.2. The maximum absolute atomic E-state index is 13.3. The Kier molecular flexibility index (Phi) is 5.83. The van der Waals surface area contributed by atoms with Gasteiger partial charge in [0.25, 0.3) is 0 Å². The van der Waals surface area contributed by atoms with Crippen LogP contribution in [0.25, 0.3) is 5.57 Å². The van der Waals surface area contributed by atoms with Gasteiger partial charge in [0.2, 0.25) is 12.1 Å². The highest BCUT2D eigenvalue weighted by atomic mass is 16.7. The number of carboxylic acid groups (broad SMARTS) is 1. The number of hydrogen-bond acceptors (Lipinski definition) is 11. The third kappa shape index (κ3) is 3.88. The summed E-state index contributed by atoms with van der Waals surface area (Å²) < 4.78 is 10.6. The zero-order chi connectivity index (χ0) is 24.9. The summed E-state index contributed by atoms with van der Waals surface area (Å²) in [6.07, 6.45) is -9.97. The molecule has 12 heteroatoms. The van der Waals surface area contributed by atoms with Crippen molar-refractivity contribution >= 4 is 17.3 Å². The molecule has 0 bridgehead atoms. The number of carboxylic acids is 1. The lowest BCUT2D eigenvalue weighted by molar-refractivity contribution is -0.283. The van der Waals surface area contributed by atoms with Crippen molar-refractivity contribution in [2.24, 2.45) is 0 Å². The van der Waals surface area contributed by atoms with Gasteiger partial charge in [-0.2, -0.15) is 0 Å². The lowest BCUT2D eigenvalue weighted by Gasteiger charge is -2.39. The first-order valence-corrected chi connectivity index (χ1v) is 9.93. The van der Waals surface area contributed by atoms with Crippen LogP contribution in [0.2, 0.25) is 0 Å². The van der Waals surface area contributed by atoms with Gasteiger partial charge in [-0.1, -0.05) is 6.07 Å². The van der Waals surface area contributed by atoms with Gasteiger partial charge in [0.05, 0.1) is 5.56 Å². The van der Waals surface area contributed by atoms with Gasteiger partial charge in [0.1, 0.15) is 29.8 Å². The molecule has 1 aliphatic heterocycles. The molecule has 0 spiro atoms. The van der Waals surface area contributed by atoms with Crippen LogP contribution in [0.4, 0.5) is 0 Å². The molecule has 4 rings (SSSR count). The molecule has 180 valence electrons. The molecule has 0 aromatic heterocycles. The maximum Gasteiger partial charge on any atom is 0.335 e. The quantitative estimate of drug-likeness (QED) is 0.264. The van der Waals surface area contributed by atoms with Gasteiger partial charge in [-0.25, -0.2) is 4.79 Å². The van der Waals surface area contributed by atoms with Crippen LogP contribution in [0.1, 0.15) is 21.5 Å². The SMILES string of the molecule is O=C1C(OC2OC(C(=O)O)C(O)C(O)C2O)=C(c2ccc(O)c(O)c2)Cc2cc(O)cc(O)c21. The van der Waals surface area contributed by atoms with E-state index in [1.807, 2.05) is 0 Å². The molecule has 5 atom stereocenters. The van der Waals surface area contributed by atoms with Crippen LogP contribution in [0.5, 0.6) is 23.0 Å². The Labute approximate surface area is 190 Å². The Balaban J connectivity index is 1.82. The summed E-state index contributed by atoms with van der Waals surface area (Å²) in [5, 5.41) is 79.1. The third-order valence-electron chi connectivity index (χ3n) is 5.63. The van der Waals surface area contributed by atoms with Crippen LogP contribution in [-0.4, -0.2) is 83.3 Å². The number of rotatable bonds is 4. The van der Waals surface area contributed by atoms with Crippen LogP contribution in [0, 0.1) is 0 Å². The van der Waals surface area contributed by atoms with Gasteiger partial charge in [0, 0.05) is 18.1 Å². The molecule has 1 heterocycles. The zero-order valence-electron chi connectivity index (χ0n) is 17.2. The second kappa shape index (κ2) is 8.50. The molecular formula is C22H20O12. The fourth-order valence-corrected chi connectivity index (χ4v) is 3.93. The van der Waals surface area contributed by atoms with Gasteiger partial charge < -0.3 is 50.3 Å². The topological polar surface area (TPSA) is 214 Å². The number of aliphatic carboxylic acids is 1. The van der Waals surface area contributed by atoms with E-state index in [0.29, 0.717) is 0 Å². The van der Waals surface area contributed by atoms with E-state index in [0.717, 1.165) is 18.2 Å². The monoisotopic (exact) mass is 476 g/mol. The Hall–Kier alpha value is -3.84. The van der Waals surface area contributed by atoms with E-state index in [2.05, 4.69) is 0 Å². The number of ketones is 1. The molecule has 1 saturated heterocycles. The van der Waals surface area contributed by atoms with Crippen molar-refractivity contribution in [3.8, 4) is 23.0 Å². The lowest BCUT2D eigenvalue weighted by Crippen LogP contribution is -2.60. The number of carbonyl (C=O) groups excluding carboxylic acids is 1. The number of phenols is 4. The minimum atomic E-state index is -1.99. The van der Waals surface area contributed by atoms with Crippen molar-refractivity contribution < 1.29 is 59.9 Å². The summed E-state index contributed by atoms with van der Waals surface area (Å²) in [5.41, 5.74) is 0.204. The maximum atomic E-state index is 13.3. The minimum absolute atomic E-state index is 0.0705. The minimum Gasteiger partial charge on any atom is -0.508 e. The summed E-state index contributed by atoms with van der Waals surface area (Å²) >= 11 is 0. The predicted molar refractivity (Wildman–Crippen MR) is 110 cm³/mol. The normalized spacial score (nSPS) is 26.8. The molecule has 1 aliphatic carbocycles. The first-order valence-electron chi connectivity index (χ1n) is 9.93. The number of aromatic hydroxyl groups is 4. The van der Waals surface area contributed by atoms with Crippen LogP contribution < -0.4 is 0 Å². The summed E-state index contributed by atoms with van der Waals surface area (Å²) in [4.78, 5) is 24.7. The second-order valence-electron chi connectivity index (χ2n) is 7.87. The molecular weight excluding hydrogens is 456 g/mol. The Bertz CT molecular complexity index is 1200. The average molecular weight is 476 g/mol. The molecule has 5 unspecified atom stereocenters. The number of benzene rings is 2. The van der Waals surface area contributed by atoms with Gasteiger partial charge >= 0.3 is 5.97 Å². The van der Waals surface area contributed by atoms with Crippen LogP contribution >= 0.6 is 0 Å². The predicted octanol–water partition coefficient (Wildman–Crippen LogP) is -0.432. The van der Waals surface area contributed by atoms with Gasteiger partial charge in [-0.3, -0.25) is 4.79 Å². The number of hydrogen-bond donors (Lipinski definition) is 8. The molecule has 1 fully saturated rings. The average Bonchev–Trinajstić information content (AvgIpc) is 2.76. The van der Waals surface area contributed by atoms with Crippen molar-refractivity contribution in [3.05, 3.63) is 52.8 Å². The summed E-state index contributed by atoms with van der Waals surface area (Å²) in [5.74, 6) is -4.97. The van der Waals surface area contributed by atoms with Crippen LogP contribution in [-0.2, 0) is 20.7 Å². The second-order valence-corrected chi connectivity index (χ2v) is 7.87. The highest BCUT2D eigenvalue weighted by Crippen LogP contribution is 2.41. The van der Waals surface area contributed by atoms with E-state index in [1.54, 1.807) is 0 Å². The fourth-order valence-electron chi connectivity index (χ4n) is 3.93. The first-order chi connectivity index (χ1) is 16.0. The number of phenolic OH excluding ortho intramolecular Hbond substituents is 4. The Morgan fingerprint density at radius 3 is 2.26 bits per heavy atom. The summed E-state index contributed by atoms with van der Waals surface area (Å²) in [7, 11) is 0. The lowest BCUT2D eigenvalue weighted by atomic mass is 9.85. The standard InChI is InChI=1S/C22H20O12/c23-9-3-8-4-10(7-1-2-11(24)12(25)5-7)19(15(27)14(8)13(26)6-9)33-22-18(30)16(28)17(29)20(34-22)21(31)32/h1-3,5-6,16-18,20,22-26,28-30H,4H2,(H,31,32). The number of aliphatic hydroxyl groups excluding tert-OH is 3. The van der Waals surface area contributed by atoms with E-state index in [1.165, 1.54) is 12.1 Å². The molecule has 2 aromatic carbocycles. The summed E-state index contributed by atoms with van der Waals surface area (Å²) in [6, 6.07) is 5.76. The number of Topliss-reactive ketones (excluding diaryl/α,β-unsaturated/α-hetero) is 1. The Morgan fingerprint density at radius 2 is 1.62 bits per heavy atom. The third-order valence-corrected chi connectivity index (χ3v) is 5.63. The number of fused-ring (bicyclic) bond motifs is 1. The van der Waals surface area contributed by atoms with E-state index < -0.39 is 65.5 Å². The van der Waals surface area contributed by atoms with Gasteiger partial charge in [-0.15, -0.1) is 0 Å². The molecule has 8 N–H and O–H groups in total. The number of ether oxygens (including phenoxy) is 2. The molecule has 0 saturated carbocycles. The van der Waals surface area contributed by atoms with E-state index in [-0.39, 0.29) is 34.4 Å².